The standard InChI is InChI=1S/C28H56O2/c1-4-7-10-13-15-17-20-22-25-27(24-21-19-16-14-11-8-5-2)30-28(29)26-23-18-12-9-6-3/h27H,4-26H2,1-3H3. The largest absolute Gasteiger partial charge is 0.462 e. The summed E-state index contributed by atoms with van der Waals surface area (Å²) >= 11 is 0. The number of hydrogen-bond acceptors (Lipinski definition) is 2. The number of ether oxygens (including phenoxy) is 1. The number of carbonyl (C=O) groups excluding carboxylic acids is 1. The lowest BCUT2D eigenvalue weighted by Crippen LogP contribution is -2.18. The molecule has 2 heteroatoms. The average Bonchev–Trinajstić information content (AvgIpc) is 2.74. The first-order valence-corrected chi connectivity index (χ1v) is 13.9. The maximum atomic E-state index is 12.3. The van der Waals surface area contributed by atoms with Crippen molar-refractivity contribution in [2.75, 3.05) is 0 Å². The average molecular weight is 425 g/mol. The van der Waals surface area contributed by atoms with Crippen LogP contribution in [-0.2, 0) is 9.53 Å². The molecule has 0 amide bonds. The third-order valence-corrected chi connectivity index (χ3v) is 6.29. The smallest absolute Gasteiger partial charge is 0.306 e. The summed E-state index contributed by atoms with van der Waals surface area (Å²) in [5, 5.41) is 0. The normalized spacial score (nSPS) is 12.2. The van der Waals surface area contributed by atoms with Crippen LogP contribution in [-0.4, -0.2) is 12.1 Å². The zero-order valence-electron chi connectivity index (χ0n) is 21.2. The summed E-state index contributed by atoms with van der Waals surface area (Å²) in [4.78, 5) is 12.3. The van der Waals surface area contributed by atoms with Gasteiger partial charge in [0, 0.05) is 6.42 Å². The van der Waals surface area contributed by atoms with Gasteiger partial charge in [-0.2, -0.15) is 0 Å². The summed E-state index contributed by atoms with van der Waals surface area (Å²) in [6, 6.07) is 0. The van der Waals surface area contributed by atoms with Crippen LogP contribution in [0.15, 0.2) is 0 Å². The fourth-order valence-electron chi connectivity index (χ4n) is 4.21. The molecular formula is C28H56O2. The van der Waals surface area contributed by atoms with Crippen LogP contribution in [0.5, 0.6) is 0 Å². The van der Waals surface area contributed by atoms with Crippen molar-refractivity contribution in [3.8, 4) is 0 Å². The molecule has 0 aromatic carbocycles. The monoisotopic (exact) mass is 424 g/mol. The minimum atomic E-state index is 0.0546. The molecule has 0 radical (unpaired) electrons. The molecule has 1 unspecified atom stereocenters. The van der Waals surface area contributed by atoms with E-state index in [1.807, 2.05) is 0 Å². The van der Waals surface area contributed by atoms with E-state index < -0.39 is 0 Å². The van der Waals surface area contributed by atoms with E-state index in [9.17, 15) is 4.79 Å². The molecule has 0 N–H and O–H groups in total. The summed E-state index contributed by atoms with van der Waals surface area (Å²) in [6.07, 6.45) is 28.9. The molecule has 0 aromatic rings. The van der Waals surface area contributed by atoms with Crippen LogP contribution in [0.1, 0.15) is 168 Å². The highest BCUT2D eigenvalue weighted by atomic mass is 16.5. The molecule has 0 aliphatic heterocycles. The van der Waals surface area contributed by atoms with Gasteiger partial charge in [0.15, 0.2) is 0 Å². The van der Waals surface area contributed by atoms with E-state index >= 15 is 0 Å². The van der Waals surface area contributed by atoms with Gasteiger partial charge in [-0.3, -0.25) is 4.79 Å². The van der Waals surface area contributed by atoms with Gasteiger partial charge in [-0.1, -0.05) is 130 Å². The van der Waals surface area contributed by atoms with Crippen LogP contribution < -0.4 is 0 Å². The quantitative estimate of drug-likeness (QED) is 0.114. The van der Waals surface area contributed by atoms with E-state index in [1.54, 1.807) is 0 Å². The molecule has 0 bridgehead atoms. The molecule has 0 aliphatic rings. The second kappa shape index (κ2) is 24.7. The van der Waals surface area contributed by atoms with Crippen LogP contribution in [0.3, 0.4) is 0 Å². The first kappa shape index (κ1) is 29.5. The Morgan fingerprint density at radius 3 is 1.23 bits per heavy atom. The molecule has 0 saturated heterocycles. The summed E-state index contributed by atoms with van der Waals surface area (Å²) < 4.78 is 5.92. The number of rotatable bonds is 24. The van der Waals surface area contributed by atoms with Crippen LogP contribution in [0, 0.1) is 0 Å². The first-order chi connectivity index (χ1) is 14.7. The third kappa shape index (κ3) is 22.2. The predicted octanol–water partition coefficient (Wildman–Crippen LogP) is 9.93. The van der Waals surface area contributed by atoms with Crippen molar-refractivity contribution in [2.24, 2.45) is 0 Å². The fraction of sp³-hybridized carbons (Fsp3) is 0.964. The molecule has 2 nitrogen and oxygen atoms in total. The summed E-state index contributed by atoms with van der Waals surface area (Å²) in [7, 11) is 0. The Morgan fingerprint density at radius 2 is 0.833 bits per heavy atom. The van der Waals surface area contributed by atoms with Crippen molar-refractivity contribution < 1.29 is 9.53 Å². The van der Waals surface area contributed by atoms with Crippen LogP contribution in [0.4, 0.5) is 0 Å². The van der Waals surface area contributed by atoms with Crippen molar-refractivity contribution >= 4 is 5.97 Å². The SMILES string of the molecule is CCCCCCCCCCC(CCCCCCCCC)OC(=O)CCCCCCC. The van der Waals surface area contributed by atoms with Gasteiger partial charge in [0.05, 0.1) is 0 Å². The van der Waals surface area contributed by atoms with Crippen LogP contribution in [0.2, 0.25) is 0 Å². The molecule has 0 rings (SSSR count). The Labute approximate surface area is 190 Å². The second-order valence-electron chi connectivity index (χ2n) is 9.45. The number of esters is 1. The molecule has 1 atom stereocenters. The molecular weight excluding hydrogens is 368 g/mol. The van der Waals surface area contributed by atoms with Crippen molar-refractivity contribution in [1.82, 2.24) is 0 Å². The van der Waals surface area contributed by atoms with Gasteiger partial charge in [0.1, 0.15) is 6.10 Å². The van der Waals surface area contributed by atoms with E-state index in [0.29, 0.717) is 6.42 Å². The van der Waals surface area contributed by atoms with E-state index in [-0.39, 0.29) is 12.1 Å². The van der Waals surface area contributed by atoms with Gasteiger partial charge < -0.3 is 4.74 Å². The lowest BCUT2D eigenvalue weighted by molar-refractivity contribution is -0.150. The zero-order chi connectivity index (χ0) is 22.1. The highest BCUT2D eigenvalue weighted by molar-refractivity contribution is 5.69. The molecule has 180 valence electrons. The number of carbonyl (C=O) groups is 1. The second-order valence-corrected chi connectivity index (χ2v) is 9.45. The fourth-order valence-corrected chi connectivity index (χ4v) is 4.21. The van der Waals surface area contributed by atoms with Gasteiger partial charge in [0.25, 0.3) is 0 Å². The Morgan fingerprint density at radius 1 is 0.500 bits per heavy atom. The Hall–Kier alpha value is -0.530. The Bertz CT molecular complexity index is 340. The predicted molar refractivity (Wildman–Crippen MR) is 133 cm³/mol. The minimum absolute atomic E-state index is 0.0546. The molecule has 0 saturated carbocycles. The zero-order valence-corrected chi connectivity index (χ0v) is 21.2. The molecule has 0 heterocycles. The summed E-state index contributed by atoms with van der Waals surface area (Å²) in [5.41, 5.74) is 0. The maximum Gasteiger partial charge on any atom is 0.306 e. The maximum absolute atomic E-state index is 12.3. The highest BCUT2D eigenvalue weighted by Gasteiger charge is 2.14. The van der Waals surface area contributed by atoms with Crippen LogP contribution >= 0.6 is 0 Å². The summed E-state index contributed by atoms with van der Waals surface area (Å²) in [5.74, 6) is 0.0546. The lowest BCUT2D eigenvalue weighted by atomic mass is 10.0. The molecule has 0 fully saturated rings. The molecule has 30 heavy (non-hydrogen) atoms. The summed E-state index contributed by atoms with van der Waals surface area (Å²) in [6.45, 7) is 6.78. The third-order valence-electron chi connectivity index (χ3n) is 6.29. The molecule has 0 aromatic heterocycles. The van der Waals surface area contributed by atoms with Crippen molar-refractivity contribution in [2.45, 2.75) is 175 Å². The number of unbranched alkanes of at least 4 members (excludes halogenated alkanes) is 17. The van der Waals surface area contributed by atoms with Gasteiger partial charge in [0.2, 0.25) is 0 Å². The van der Waals surface area contributed by atoms with Gasteiger partial charge >= 0.3 is 5.97 Å². The van der Waals surface area contributed by atoms with E-state index in [0.717, 1.165) is 19.3 Å². The van der Waals surface area contributed by atoms with Gasteiger partial charge in [-0.05, 0) is 32.1 Å². The van der Waals surface area contributed by atoms with E-state index in [4.69, 9.17) is 4.74 Å². The van der Waals surface area contributed by atoms with Crippen molar-refractivity contribution in [1.29, 1.82) is 0 Å². The topological polar surface area (TPSA) is 26.3 Å². The van der Waals surface area contributed by atoms with Gasteiger partial charge in [-0.25, -0.2) is 0 Å². The Kier molecular flexibility index (Phi) is 24.3. The van der Waals surface area contributed by atoms with E-state index in [2.05, 4.69) is 20.8 Å². The highest BCUT2D eigenvalue weighted by Crippen LogP contribution is 2.18. The minimum Gasteiger partial charge on any atom is -0.462 e. The van der Waals surface area contributed by atoms with E-state index in [1.165, 1.54) is 122 Å². The van der Waals surface area contributed by atoms with Crippen LogP contribution in [0.25, 0.3) is 0 Å². The molecule has 0 spiro atoms. The number of hydrogen-bond donors (Lipinski definition) is 0. The molecule has 0 aliphatic carbocycles. The van der Waals surface area contributed by atoms with Crippen molar-refractivity contribution in [3.63, 3.8) is 0 Å². The lowest BCUT2D eigenvalue weighted by Gasteiger charge is -2.18. The van der Waals surface area contributed by atoms with Crippen molar-refractivity contribution in [3.05, 3.63) is 0 Å². The first-order valence-electron chi connectivity index (χ1n) is 13.9. The Balaban J connectivity index is 4.01. The van der Waals surface area contributed by atoms with Gasteiger partial charge in [-0.15, -0.1) is 0 Å².